The molecule has 1 heterocycles. The van der Waals surface area contributed by atoms with E-state index in [4.69, 9.17) is 9.47 Å². The Morgan fingerprint density at radius 2 is 1.83 bits per heavy atom. The van der Waals surface area contributed by atoms with Gasteiger partial charge in [-0.05, 0) is 99.7 Å². The first-order valence-corrected chi connectivity index (χ1v) is 14.4. The van der Waals surface area contributed by atoms with E-state index in [0.29, 0.717) is 24.2 Å². The molecule has 6 nitrogen and oxygen atoms in total. The summed E-state index contributed by atoms with van der Waals surface area (Å²) in [7, 11) is 0. The van der Waals surface area contributed by atoms with Gasteiger partial charge in [-0.1, -0.05) is 34.1 Å². The van der Waals surface area contributed by atoms with Crippen LogP contribution in [0.5, 0.6) is 0 Å². The minimum absolute atomic E-state index is 0.00115. The Labute approximate surface area is 217 Å². The van der Waals surface area contributed by atoms with Gasteiger partial charge in [0.25, 0.3) is 0 Å². The summed E-state index contributed by atoms with van der Waals surface area (Å²) in [6, 6.07) is 0. The van der Waals surface area contributed by atoms with Crippen LogP contribution in [0.3, 0.4) is 0 Å². The number of aliphatic hydroxyl groups excluding tert-OH is 1. The second-order valence-electron chi connectivity index (χ2n) is 14.1. The topological polar surface area (TPSA) is 93.1 Å². The van der Waals surface area contributed by atoms with Crippen LogP contribution in [0.25, 0.3) is 0 Å². The summed E-state index contributed by atoms with van der Waals surface area (Å²) in [5.74, 6) is 1.36. The van der Waals surface area contributed by atoms with E-state index in [1.807, 2.05) is 0 Å². The highest BCUT2D eigenvalue weighted by Crippen LogP contribution is 2.61. The Balaban J connectivity index is 1.51. The van der Waals surface area contributed by atoms with Crippen LogP contribution in [0.1, 0.15) is 106 Å². The maximum absolute atomic E-state index is 14.0. The highest BCUT2D eigenvalue weighted by atomic mass is 16.6. The third kappa shape index (κ3) is 4.91. The maximum Gasteiger partial charge on any atom is 0.303 e. The largest absolute Gasteiger partial charge is 0.457 e. The molecule has 0 radical (unpaired) electrons. The summed E-state index contributed by atoms with van der Waals surface area (Å²) in [6.07, 6.45) is 6.84. The zero-order valence-corrected chi connectivity index (χ0v) is 23.6. The first-order valence-electron chi connectivity index (χ1n) is 14.4. The third-order valence-corrected chi connectivity index (χ3v) is 10.9. The lowest BCUT2D eigenvalue weighted by Gasteiger charge is -2.49. The summed E-state index contributed by atoms with van der Waals surface area (Å²) in [5, 5.41) is 21.4. The molecule has 0 aromatic rings. The van der Waals surface area contributed by atoms with Gasteiger partial charge in [-0.15, -0.1) is 0 Å². The molecular weight excluding hydrogens is 456 g/mol. The highest BCUT2D eigenvalue weighted by Gasteiger charge is 2.63. The minimum Gasteiger partial charge on any atom is -0.457 e. The number of ether oxygens (including phenoxy) is 2. The maximum atomic E-state index is 14.0. The van der Waals surface area contributed by atoms with Gasteiger partial charge in [0.15, 0.2) is 11.9 Å². The summed E-state index contributed by atoms with van der Waals surface area (Å²) < 4.78 is 12.0. The standard InChI is InChI=1S/C30H50O6/c1-17-10-15-23(32)28(3,4)20(17)12-11-19-9-8-16-30(7)21-13-14-22(36-26(21)25(33)24(19)30)27(29(5,6)34)35-18(2)31/h17,19-24,26-27,32,34H,8-16H2,1-7H3/t17?,19-,20?,21?,22+,23-,24?,26?,27-,30+/m0/s1. The number of carbonyl (C=O) groups excluding carboxylic acids is 2. The van der Waals surface area contributed by atoms with Crippen molar-refractivity contribution < 1.29 is 29.3 Å². The van der Waals surface area contributed by atoms with E-state index in [1.165, 1.54) is 6.92 Å². The Hall–Kier alpha value is -0.980. The molecule has 206 valence electrons. The SMILES string of the molecule is CC(=O)O[C@@H]([C@H]1CCC2C(O1)C(=O)C1[C@H](CCC3C(C)CC[C@H](O)C3(C)C)CCC[C@]21C)C(C)(C)O. The van der Waals surface area contributed by atoms with Crippen molar-refractivity contribution in [2.75, 3.05) is 0 Å². The molecule has 4 rings (SSSR count). The number of aliphatic hydroxyl groups is 2. The second-order valence-corrected chi connectivity index (χ2v) is 14.1. The first-order chi connectivity index (χ1) is 16.7. The third-order valence-electron chi connectivity index (χ3n) is 10.9. The lowest BCUT2D eigenvalue weighted by molar-refractivity contribution is -0.199. The predicted octanol–water partition coefficient (Wildman–Crippen LogP) is 5.07. The molecule has 1 aliphatic heterocycles. The van der Waals surface area contributed by atoms with Gasteiger partial charge in [-0.25, -0.2) is 0 Å². The molecule has 0 aromatic heterocycles. The number of Topliss-reactive ketones (excluding diaryl/α,β-unsaturated/α-hetero) is 1. The first kappa shape index (κ1) is 28.0. The highest BCUT2D eigenvalue weighted by molar-refractivity contribution is 5.90. The Morgan fingerprint density at radius 1 is 1.14 bits per heavy atom. The van der Waals surface area contributed by atoms with E-state index in [0.717, 1.165) is 51.4 Å². The van der Waals surface area contributed by atoms with Crippen LogP contribution in [-0.4, -0.2) is 52.0 Å². The number of hydrogen-bond acceptors (Lipinski definition) is 6. The van der Waals surface area contributed by atoms with Crippen LogP contribution >= 0.6 is 0 Å². The van der Waals surface area contributed by atoms with Gasteiger partial charge in [-0.3, -0.25) is 9.59 Å². The molecule has 4 fully saturated rings. The van der Waals surface area contributed by atoms with Crippen LogP contribution in [0, 0.1) is 40.4 Å². The molecule has 10 atom stereocenters. The lowest BCUT2D eigenvalue weighted by atomic mass is 9.57. The zero-order valence-electron chi connectivity index (χ0n) is 23.6. The van der Waals surface area contributed by atoms with Crippen molar-refractivity contribution in [3.8, 4) is 0 Å². The van der Waals surface area contributed by atoms with E-state index in [9.17, 15) is 19.8 Å². The molecule has 36 heavy (non-hydrogen) atoms. The van der Waals surface area contributed by atoms with E-state index in [2.05, 4.69) is 27.7 Å². The average Bonchev–Trinajstić information content (AvgIpc) is 3.01. The van der Waals surface area contributed by atoms with Crippen molar-refractivity contribution in [2.24, 2.45) is 40.4 Å². The molecule has 5 unspecified atom stereocenters. The smallest absolute Gasteiger partial charge is 0.303 e. The molecule has 0 amide bonds. The molecule has 1 saturated heterocycles. The number of esters is 1. The minimum atomic E-state index is -1.25. The molecule has 4 aliphatic rings. The van der Waals surface area contributed by atoms with Crippen LogP contribution in [0.15, 0.2) is 0 Å². The molecule has 0 bridgehead atoms. The molecule has 0 spiro atoms. The summed E-state index contributed by atoms with van der Waals surface area (Å²) in [5.41, 5.74) is -1.41. The van der Waals surface area contributed by atoms with E-state index < -0.39 is 29.9 Å². The summed E-state index contributed by atoms with van der Waals surface area (Å²) >= 11 is 0. The number of carbonyl (C=O) groups is 2. The van der Waals surface area contributed by atoms with Crippen LogP contribution in [0.4, 0.5) is 0 Å². The monoisotopic (exact) mass is 506 g/mol. The molecule has 2 N–H and O–H groups in total. The number of fused-ring (bicyclic) bond motifs is 3. The Bertz CT molecular complexity index is 830. The molecular formula is C30H50O6. The van der Waals surface area contributed by atoms with Crippen molar-refractivity contribution in [3.05, 3.63) is 0 Å². The van der Waals surface area contributed by atoms with Gasteiger partial charge in [0.05, 0.1) is 17.8 Å². The van der Waals surface area contributed by atoms with Crippen LogP contribution in [0.2, 0.25) is 0 Å². The van der Waals surface area contributed by atoms with Crippen molar-refractivity contribution in [1.29, 1.82) is 0 Å². The van der Waals surface area contributed by atoms with E-state index in [1.54, 1.807) is 13.8 Å². The van der Waals surface area contributed by atoms with Gasteiger partial charge in [0.1, 0.15) is 6.10 Å². The Kier molecular flexibility index (Phi) is 7.76. The lowest BCUT2D eigenvalue weighted by Crippen LogP contribution is -2.53. The summed E-state index contributed by atoms with van der Waals surface area (Å²) in [6.45, 7) is 13.7. The van der Waals surface area contributed by atoms with Crippen molar-refractivity contribution in [2.45, 2.75) is 136 Å². The summed E-state index contributed by atoms with van der Waals surface area (Å²) in [4.78, 5) is 25.7. The van der Waals surface area contributed by atoms with Crippen molar-refractivity contribution in [1.82, 2.24) is 0 Å². The average molecular weight is 507 g/mol. The fourth-order valence-corrected chi connectivity index (χ4v) is 8.96. The quantitative estimate of drug-likeness (QED) is 0.489. The van der Waals surface area contributed by atoms with Crippen LogP contribution in [-0.2, 0) is 19.1 Å². The zero-order chi connectivity index (χ0) is 26.6. The van der Waals surface area contributed by atoms with Crippen molar-refractivity contribution in [3.63, 3.8) is 0 Å². The van der Waals surface area contributed by atoms with Gasteiger partial charge in [0.2, 0.25) is 0 Å². The van der Waals surface area contributed by atoms with Gasteiger partial charge in [-0.2, -0.15) is 0 Å². The number of rotatable bonds is 6. The fraction of sp³-hybridized carbons (Fsp3) is 0.933. The van der Waals surface area contributed by atoms with E-state index >= 15 is 0 Å². The van der Waals surface area contributed by atoms with Gasteiger partial charge in [0, 0.05) is 12.8 Å². The predicted molar refractivity (Wildman–Crippen MR) is 138 cm³/mol. The fourth-order valence-electron chi connectivity index (χ4n) is 8.96. The molecule has 3 saturated carbocycles. The van der Waals surface area contributed by atoms with Gasteiger partial charge >= 0.3 is 5.97 Å². The number of hydrogen-bond donors (Lipinski definition) is 2. The van der Waals surface area contributed by atoms with Gasteiger partial charge < -0.3 is 19.7 Å². The van der Waals surface area contributed by atoms with Crippen LogP contribution < -0.4 is 0 Å². The normalized spacial score (nSPS) is 43.4. The molecule has 0 aromatic carbocycles. The van der Waals surface area contributed by atoms with E-state index in [-0.39, 0.29) is 34.6 Å². The van der Waals surface area contributed by atoms with Crippen molar-refractivity contribution >= 4 is 11.8 Å². The molecule has 3 aliphatic carbocycles. The Morgan fingerprint density at radius 3 is 2.47 bits per heavy atom. The second kappa shape index (κ2) is 9.96. The molecule has 6 heteroatoms. The number of ketones is 1.